The number of H-pyrrole nitrogens is 1. The summed E-state index contributed by atoms with van der Waals surface area (Å²) in [5.41, 5.74) is 1.35. The van der Waals surface area contributed by atoms with Crippen molar-refractivity contribution in [3.8, 4) is 0 Å². The van der Waals surface area contributed by atoms with Crippen molar-refractivity contribution in [2.24, 2.45) is 0 Å². The van der Waals surface area contributed by atoms with Gasteiger partial charge < -0.3 is 10.1 Å². The standard InChI is InChI=1S/C17H21FN2O2/c18-12-4-5-16-15(9-12)17(22)10-13(19-16)11-20-7-2-1-3-14(20)6-8-21/h4-5,9-10,14,21H,1-3,6-8,11H2,(H,19,22)/t14-/m1/s1. The number of likely N-dealkylation sites (tertiary alicyclic amines) is 1. The summed E-state index contributed by atoms with van der Waals surface area (Å²) in [6.45, 7) is 1.83. The highest BCUT2D eigenvalue weighted by atomic mass is 19.1. The number of fused-ring (bicyclic) bond motifs is 1. The maximum Gasteiger partial charge on any atom is 0.189 e. The average Bonchev–Trinajstić information content (AvgIpc) is 2.50. The van der Waals surface area contributed by atoms with E-state index in [0.29, 0.717) is 23.5 Å². The summed E-state index contributed by atoms with van der Waals surface area (Å²) in [6.07, 6.45) is 4.19. The van der Waals surface area contributed by atoms with Gasteiger partial charge in [-0.1, -0.05) is 6.42 Å². The zero-order valence-corrected chi connectivity index (χ0v) is 12.5. The van der Waals surface area contributed by atoms with Gasteiger partial charge in [-0.15, -0.1) is 0 Å². The summed E-state index contributed by atoms with van der Waals surface area (Å²) in [7, 11) is 0. The summed E-state index contributed by atoms with van der Waals surface area (Å²) in [6, 6.07) is 6.17. The molecule has 0 radical (unpaired) electrons. The second kappa shape index (κ2) is 6.58. The first kappa shape index (κ1) is 15.2. The second-order valence-corrected chi connectivity index (χ2v) is 5.98. The van der Waals surface area contributed by atoms with Crippen molar-refractivity contribution in [2.45, 2.75) is 38.3 Å². The van der Waals surface area contributed by atoms with Gasteiger partial charge in [0.25, 0.3) is 0 Å². The molecule has 1 aromatic carbocycles. The van der Waals surface area contributed by atoms with Crippen LogP contribution in [0.3, 0.4) is 0 Å². The molecule has 0 aliphatic carbocycles. The van der Waals surface area contributed by atoms with Gasteiger partial charge in [0, 0.05) is 41.9 Å². The van der Waals surface area contributed by atoms with Crippen LogP contribution in [0, 0.1) is 5.82 Å². The van der Waals surface area contributed by atoms with Crippen LogP contribution in [-0.2, 0) is 6.54 Å². The molecular weight excluding hydrogens is 283 g/mol. The molecular formula is C17H21FN2O2. The van der Waals surface area contributed by atoms with E-state index in [1.165, 1.54) is 18.6 Å². The molecule has 1 aliphatic heterocycles. The SMILES string of the molecule is O=c1cc(CN2CCCC[C@@H]2CCO)[nH]c2ccc(F)cc12. The van der Waals surface area contributed by atoms with E-state index in [-0.39, 0.29) is 12.0 Å². The Labute approximate surface area is 128 Å². The van der Waals surface area contributed by atoms with E-state index >= 15 is 0 Å². The van der Waals surface area contributed by atoms with Gasteiger partial charge in [0.05, 0.1) is 0 Å². The zero-order valence-electron chi connectivity index (χ0n) is 12.5. The van der Waals surface area contributed by atoms with Gasteiger partial charge in [0.15, 0.2) is 5.43 Å². The summed E-state index contributed by atoms with van der Waals surface area (Å²) >= 11 is 0. The quantitative estimate of drug-likeness (QED) is 0.912. The van der Waals surface area contributed by atoms with Crippen molar-refractivity contribution in [3.05, 3.63) is 46.0 Å². The molecule has 3 rings (SSSR count). The molecule has 0 unspecified atom stereocenters. The lowest BCUT2D eigenvalue weighted by Crippen LogP contribution is -2.39. The fourth-order valence-electron chi connectivity index (χ4n) is 3.32. The Kier molecular flexibility index (Phi) is 4.55. The van der Waals surface area contributed by atoms with Crippen molar-refractivity contribution >= 4 is 10.9 Å². The largest absolute Gasteiger partial charge is 0.396 e. The number of rotatable bonds is 4. The van der Waals surface area contributed by atoms with Crippen molar-refractivity contribution in [2.75, 3.05) is 13.2 Å². The van der Waals surface area contributed by atoms with E-state index in [1.54, 1.807) is 12.1 Å². The Balaban J connectivity index is 1.87. The molecule has 2 aromatic rings. The fraction of sp³-hybridized carbons (Fsp3) is 0.471. The van der Waals surface area contributed by atoms with E-state index < -0.39 is 5.82 Å². The van der Waals surface area contributed by atoms with Gasteiger partial charge in [-0.25, -0.2) is 4.39 Å². The molecule has 118 valence electrons. The van der Waals surface area contributed by atoms with E-state index in [4.69, 9.17) is 0 Å². The van der Waals surface area contributed by atoms with Crippen LogP contribution < -0.4 is 5.43 Å². The van der Waals surface area contributed by atoms with Crippen molar-refractivity contribution in [1.29, 1.82) is 0 Å². The molecule has 5 heteroatoms. The van der Waals surface area contributed by atoms with Crippen LogP contribution in [0.4, 0.5) is 4.39 Å². The number of piperidine rings is 1. The monoisotopic (exact) mass is 304 g/mol. The zero-order chi connectivity index (χ0) is 15.5. The first-order valence-corrected chi connectivity index (χ1v) is 7.84. The van der Waals surface area contributed by atoms with Crippen molar-refractivity contribution in [1.82, 2.24) is 9.88 Å². The summed E-state index contributed by atoms with van der Waals surface area (Å²) in [5, 5.41) is 9.58. The topological polar surface area (TPSA) is 56.3 Å². The predicted octanol–water partition coefficient (Wildman–Crippen LogP) is 2.40. The number of hydrogen-bond donors (Lipinski definition) is 2. The Morgan fingerprint density at radius 1 is 1.32 bits per heavy atom. The molecule has 0 amide bonds. The summed E-state index contributed by atoms with van der Waals surface area (Å²) < 4.78 is 13.2. The molecule has 1 atom stereocenters. The number of nitrogens with one attached hydrogen (secondary N) is 1. The van der Waals surface area contributed by atoms with Crippen molar-refractivity contribution < 1.29 is 9.50 Å². The molecule has 0 bridgehead atoms. The molecule has 2 N–H and O–H groups in total. The highest BCUT2D eigenvalue weighted by molar-refractivity contribution is 5.78. The van der Waals surface area contributed by atoms with Crippen LogP contribution in [0.1, 0.15) is 31.4 Å². The van der Waals surface area contributed by atoms with Gasteiger partial charge >= 0.3 is 0 Å². The number of aliphatic hydroxyl groups is 1. The van der Waals surface area contributed by atoms with E-state index in [0.717, 1.165) is 31.5 Å². The predicted molar refractivity (Wildman–Crippen MR) is 84.3 cm³/mol. The highest BCUT2D eigenvalue weighted by Crippen LogP contribution is 2.21. The average molecular weight is 304 g/mol. The first-order chi connectivity index (χ1) is 10.7. The maximum atomic E-state index is 13.2. The highest BCUT2D eigenvalue weighted by Gasteiger charge is 2.22. The third-order valence-electron chi connectivity index (χ3n) is 4.43. The van der Waals surface area contributed by atoms with E-state index in [1.807, 2.05) is 0 Å². The number of aromatic amines is 1. The molecule has 2 heterocycles. The molecule has 4 nitrogen and oxygen atoms in total. The molecule has 0 spiro atoms. The Morgan fingerprint density at radius 3 is 3.00 bits per heavy atom. The van der Waals surface area contributed by atoms with E-state index in [9.17, 15) is 14.3 Å². The minimum absolute atomic E-state index is 0.154. The minimum Gasteiger partial charge on any atom is -0.396 e. The van der Waals surface area contributed by atoms with Crippen LogP contribution in [0.2, 0.25) is 0 Å². The number of pyridine rings is 1. The normalized spacial score (nSPS) is 19.6. The van der Waals surface area contributed by atoms with Crippen molar-refractivity contribution in [3.63, 3.8) is 0 Å². The van der Waals surface area contributed by atoms with Crippen LogP contribution in [-0.4, -0.2) is 34.2 Å². The molecule has 0 saturated carbocycles. The van der Waals surface area contributed by atoms with Crippen LogP contribution in [0.25, 0.3) is 10.9 Å². The van der Waals surface area contributed by atoms with E-state index in [2.05, 4.69) is 9.88 Å². The smallest absolute Gasteiger partial charge is 0.189 e. The lowest BCUT2D eigenvalue weighted by molar-refractivity contribution is 0.111. The fourth-order valence-corrected chi connectivity index (χ4v) is 3.32. The molecule has 1 saturated heterocycles. The molecule has 1 fully saturated rings. The third-order valence-corrected chi connectivity index (χ3v) is 4.43. The van der Waals surface area contributed by atoms with Gasteiger partial charge in [-0.3, -0.25) is 9.69 Å². The number of nitrogens with zero attached hydrogens (tertiary/aromatic N) is 1. The minimum atomic E-state index is -0.398. The Morgan fingerprint density at radius 2 is 2.18 bits per heavy atom. The number of aromatic nitrogens is 1. The third kappa shape index (κ3) is 3.20. The molecule has 22 heavy (non-hydrogen) atoms. The van der Waals surface area contributed by atoms with Crippen LogP contribution >= 0.6 is 0 Å². The lowest BCUT2D eigenvalue weighted by atomic mass is 9.99. The Hall–Kier alpha value is -1.72. The number of aliphatic hydroxyl groups excluding tert-OH is 1. The lowest BCUT2D eigenvalue weighted by Gasteiger charge is -2.35. The molecule has 1 aliphatic rings. The summed E-state index contributed by atoms with van der Waals surface area (Å²) in [5.74, 6) is -0.398. The second-order valence-electron chi connectivity index (χ2n) is 5.98. The van der Waals surface area contributed by atoms with Gasteiger partial charge in [-0.2, -0.15) is 0 Å². The van der Waals surface area contributed by atoms with Gasteiger partial charge in [0.1, 0.15) is 5.82 Å². The number of halogens is 1. The number of hydrogen-bond acceptors (Lipinski definition) is 3. The number of benzene rings is 1. The Bertz CT molecular complexity index is 711. The van der Waals surface area contributed by atoms with Gasteiger partial charge in [0.2, 0.25) is 0 Å². The van der Waals surface area contributed by atoms with Crippen LogP contribution in [0.5, 0.6) is 0 Å². The maximum absolute atomic E-state index is 13.2. The molecule has 1 aromatic heterocycles. The van der Waals surface area contributed by atoms with Gasteiger partial charge in [-0.05, 0) is 44.0 Å². The first-order valence-electron chi connectivity index (χ1n) is 7.84. The summed E-state index contributed by atoms with van der Waals surface area (Å²) in [4.78, 5) is 17.7. The van der Waals surface area contributed by atoms with Crippen LogP contribution in [0.15, 0.2) is 29.1 Å².